The van der Waals surface area contributed by atoms with Crippen LogP contribution in [0.4, 0.5) is 11.4 Å². The van der Waals surface area contributed by atoms with Crippen LogP contribution in [-0.4, -0.2) is 9.85 Å². The van der Waals surface area contributed by atoms with Crippen LogP contribution in [-0.2, 0) is 6.42 Å². The molecule has 7 nitrogen and oxygen atoms in total. The summed E-state index contributed by atoms with van der Waals surface area (Å²) >= 11 is 5.55. The van der Waals surface area contributed by atoms with Crippen LogP contribution in [0.2, 0.25) is 5.02 Å². The second-order valence-corrected chi connectivity index (χ2v) is 3.13. The van der Waals surface area contributed by atoms with Crippen LogP contribution in [0.5, 0.6) is 0 Å². The molecule has 0 aliphatic carbocycles. The normalized spacial score (nSPS) is 9.50. The maximum atomic E-state index is 10.7. The summed E-state index contributed by atoms with van der Waals surface area (Å²) < 4.78 is 0. The van der Waals surface area contributed by atoms with Gasteiger partial charge in [-0.1, -0.05) is 11.6 Å². The van der Waals surface area contributed by atoms with Gasteiger partial charge < -0.3 is 0 Å². The van der Waals surface area contributed by atoms with E-state index in [0.29, 0.717) is 0 Å². The minimum absolute atomic E-state index is 0.0584. The van der Waals surface area contributed by atoms with Gasteiger partial charge in [0, 0.05) is 11.6 Å². The van der Waals surface area contributed by atoms with E-state index < -0.39 is 26.2 Å². The van der Waals surface area contributed by atoms with Crippen LogP contribution >= 0.6 is 11.6 Å². The monoisotopic (exact) mass is 241 g/mol. The largest absolute Gasteiger partial charge is 0.299 e. The fourth-order valence-corrected chi connectivity index (χ4v) is 1.48. The fourth-order valence-electron chi connectivity index (χ4n) is 1.16. The molecule has 0 saturated carbocycles. The maximum absolute atomic E-state index is 10.7. The molecule has 0 radical (unpaired) electrons. The van der Waals surface area contributed by atoms with Crippen LogP contribution in [0.1, 0.15) is 5.56 Å². The number of nitro benzene ring substituents is 2. The van der Waals surface area contributed by atoms with E-state index in [9.17, 15) is 20.2 Å². The van der Waals surface area contributed by atoms with Crippen molar-refractivity contribution in [1.82, 2.24) is 0 Å². The standard InChI is InChI=1S/C8H4ClN3O4/c9-7-6(11(13)14)2-1-5(3-4-10)8(7)12(15)16/h1-2H,3H2. The Morgan fingerprint density at radius 1 is 1.31 bits per heavy atom. The van der Waals surface area contributed by atoms with E-state index in [-0.39, 0.29) is 12.0 Å². The van der Waals surface area contributed by atoms with Crippen molar-refractivity contribution in [2.75, 3.05) is 0 Å². The van der Waals surface area contributed by atoms with Crippen molar-refractivity contribution in [2.24, 2.45) is 0 Å². The van der Waals surface area contributed by atoms with Gasteiger partial charge >= 0.3 is 0 Å². The number of nitrogens with zero attached hydrogens (tertiary/aromatic N) is 3. The topological polar surface area (TPSA) is 110 Å². The molecule has 0 N–H and O–H groups in total. The molecular weight excluding hydrogens is 238 g/mol. The zero-order valence-electron chi connectivity index (χ0n) is 7.71. The van der Waals surface area contributed by atoms with Crippen LogP contribution in [0.15, 0.2) is 12.1 Å². The number of benzene rings is 1. The van der Waals surface area contributed by atoms with Crippen LogP contribution in [0.3, 0.4) is 0 Å². The zero-order valence-corrected chi connectivity index (χ0v) is 8.47. The van der Waals surface area contributed by atoms with Gasteiger partial charge in [-0.05, 0) is 6.07 Å². The summed E-state index contributed by atoms with van der Waals surface area (Å²) in [4.78, 5) is 19.5. The van der Waals surface area contributed by atoms with Crippen LogP contribution < -0.4 is 0 Å². The molecule has 0 aromatic heterocycles. The summed E-state index contributed by atoms with van der Waals surface area (Å²) in [7, 11) is 0. The Kier molecular flexibility index (Phi) is 3.37. The van der Waals surface area contributed by atoms with Gasteiger partial charge in [-0.15, -0.1) is 0 Å². The quantitative estimate of drug-likeness (QED) is 0.595. The smallest absolute Gasteiger partial charge is 0.258 e. The molecule has 0 unspecified atom stereocenters. The minimum atomic E-state index is -0.831. The van der Waals surface area contributed by atoms with E-state index >= 15 is 0 Å². The van der Waals surface area contributed by atoms with Crippen molar-refractivity contribution >= 4 is 23.0 Å². The predicted molar refractivity (Wildman–Crippen MR) is 54.1 cm³/mol. The summed E-state index contributed by atoms with van der Waals surface area (Å²) in [6.07, 6.45) is -0.228. The van der Waals surface area contributed by atoms with E-state index in [1.165, 1.54) is 0 Å². The van der Waals surface area contributed by atoms with Crippen LogP contribution in [0, 0.1) is 31.6 Å². The molecule has 0 aliphatic heterocycles. The molecule has 0 amide bonds. The molecule has 0 atom stereocenters. The molecule has 8 heteroatoms. The molecule has 0 aliphatic rings. The van der Waals surface area contributed by atoms with E-state index in [2.05, 4.69) is 0 Å². The number of nitro groups is 2. The van der Waals surface area contributed by atoms with Gasteiger partial charge in [-0.25, -0.2) is 0 Å². The molecule has 16 heavy (non-hydrogen) atoms. The van der Waals surface area contributed by atoms with Gasteiger partial charge in [0.05, 0.1) is 22.3 Å². The zero-order chi connectivity index (χ0) is 12.3. The van der Waals surface area contributed by atoms with Crippen molar-refractivity contribution in [3.63, 3.8) is 0 Å². The Morgan fingerprint density at radius 3 is 2.38 bits per heavy atom. The Labute approximate surface area is 94.2 Å². The molecule has 0 bridgehead atoms. The van der Waals surface area contributed by atoms with Crippen molar-refractivity contribution < 1.29 is 9.85 Å². The first-order chi connectivity index (χ1) is 7.49. The Hall–Kier alpha value is -2.20. The summed E-state index contributed by atoms with van der Waals surface area (Å²) in [6, 6.07) is 3.92. The Morgan fingerprint density at radius 2 is 1.94 bits per heavy atom. The van der Waals surface area contributed by atoms with Crippen LogP contribution in [0.25, 0.3) is 0 Å². The third-order valence-electron chi connectivity index (χ3n) is 1.83. The number of hydrogen-bond donors (Lipinski definition) is 0. The first-order valence-corrected chi connectivity index (χ1v) is 4.34. The lowest BCUT2D eigenvalue weighted by molar-refractivity contribution is -0.394. The maximum Gasteiger partial charge on any atom is 0.299 e. The third kappa shape index (κ3) is 2.07. The van der Waals surface area contributed by atoms with Gasteiger partial charge in [0.15, 0.2) is 5.02 Å². The molecule has 0 heterocycles. The summed E-state index contributed by atoms with van der Waals surface area (Å²) in [5.41, 5.74) is -1.07. The number of rotatable bonds is 3. The second-order valence-electron chi connectivity index (χ2n) is 2.76. The molecule has 0 saturated heterocycles. The van der Waals surface area contributed by atoms with Crippen molar-refractivity contribution in [3.05, 3.63) is 42.9 Å². The van der Waals surface area contributed by atoms with E-state index in [0.717, 1.165) is 12.1 Å². The summed E-state index contributed by atoms with van der Waals surface area (Å²) in [6.45, 7) is 0. The first-order valence-electron chi connectivity index (χ1n) is 3.96. The fraction of sp³-hybridized carbons (Fsp3) is 0.125. The van der Waals surface area contributed by atoms with Gasteiger partial charge in [0.2, 0.25) is 0 Å². The minimum Gasteiger partial charge on any atom is -0.258 e. The average molecular weight is 242 g/mol. The molecular formula is C8H4ClN3O4. The molecule has 1 aromatic rings. The second kappa shape index (κ2) is 4.55. The summed E-state index contributed by atoms with van der Waals surface area (Å²) in [5.74, 6) is 0. The summed E-state index contributed by atoms with van der Waals surface area (Å²) in [5, 5.41) is 29.1. The molecule has 1 rings (SSSR count). The third-order valence-corrected chi connectivity index (χ3v) is 2.20. The van der Waals surface area contributed by atoms with Crippen molar-refractivity contribution in [2.45, 2.75) is 6.42 Å². The number of nitriles is 1. The molecule has 1 aromatic carbocycles. The van der Waals surface area contributed by atoms with Crippen molar-refractivity contribution in [3.8, 4) is 6.07 Å². The Bertz CT molecular complexity index is 509. The first kappa shape index (κ1) is 11.9. The van der Waals surface area contributed by atoms with Crippen molar-refractivity contribution in [1.29, 1.82) is 5.26 Å². The SMILES string of the molecule is N#CCc1ccc([N+](=O)[O-])c(Cl)c1[N+](=O)[O-]. The van der Waals surface area contributed by atoms with Gasteiger partial charge in [0.25, 0.3) is 11.4 Å². The highest BCUT2D eigenvalue weighted by Crippen LogP contribution is 2.36. The van der Waals surface area contributed by atoms with E-state index in [1.54, 1.807) is 6.07 Å². The molecule has 0 fully saturated rings. The highest BCUT2D eigenvalue weighted by atomic mass is 35.5. The highest BCUT2D eigenvalue weighted by Gasteiger charge is 2.27. The highest BCUT2D eigenvalue weighted by molar-refractivity contribution is 6.34. The lowest BCUT2D eigenvalue weighted by Crippen LogP contribution is -1.99. The predicted octanol–water partition coefficient (Wildman–Crippen LogP) is 2.22. The lowest BCUT2D eigenvalue weighted by atomic mass is 10.1. The molecule has 0 spiro atoms. The number of halogens is 1. The van der Waals surface area contributed by atoms with E-state index in [4.69, 9.17) is 16.9 Å². The van der Waals surface area contributed by atoms with Gasteiger partial charge in [0.1, 0.15) is 0 Å². The van der Waals surface area contributed by atoms with Gasteiger partial charge in [-0.3, -0.25) is 20.2 Å². The Balaban J connectivity index is 3.49. The lowest BCUT2D eigenvalue weighted by Gasteiger charge is -2.01. The van der Waals surface area contributed by atoms with E-state index in [1.807, 2.05) is 0 Å². The average Bonchev–Trinajstić information content (AvgIpc) is 2.17. The van der Waals surface area contributed by atoms with Gasteiger partial charge in [-0.2, -0.15) is 5.26 Å². The number of hydrogen-bond acceptors (Lipinski definition) is 5. The molecule has 82 valence electrons.